The quantitative estimate of drug-likeness (QED) is 0.512. The van der Waals surface area contributed by atoms with Crippen LogP contribution in [0.4, 0.5) is 0 Å². The zero-order valence-electron chi connectivity index (χ0n) is 9.51. The largest absolute Gasteiger partial charge is 0.356 e. The molecule has 2 amide bonds. The van der Waals surface area contributed by atoms with Gasteiger partial charge < -0.3 is 16.4 Å². The minimum atomic E-state index is -0.407. The van der Waals surface area contributed by atoms with Crippen LogP contribution >= 0.6 is 0 Å². The summed E-state index contributed by atoms with van der Waals surface area (Å²) in [7, 11) is 0. The summed E-state index contributed by atoms with van der Waals surface area (Å²) in [4.78, 5) is 21.8. The smallest absolute Gasteiger partial charge is 0.236 e. The summed E-state index contributed by atoms with van der Waals surface area (Å²) in [6.07, 6.45) is 2.34. The van der Waals surface area contributed by atoms with Gasteiger partial charge in [-0.3, -0.25) is 9.59 Å². The number of hydrogen-bond donors (Lipinski definition) is 3. The molecule has 0 radical (unpaired) electrons. The van der Waals surface area contributed by atoms with Gasteiger partial charge in [0, 0.05) is 20.0 Å². The van der Waals surface area contributed by atoms with E-state index < -0.39 is 6.04 Å². The SMILES string of the molecule is CCCC(N)C(=O)NCCCNC(C)=O. The highest BCUT2D eigenvalue weighted by Crippen LogP contribution is 1.92. The van der Waals surface area contributed by atoms with Crippen LogP contribution in [0.25, 0.3) is 0 Å². The third-order valence-corrected chi connectivity index (χ3v) is 1.96. The predicted molar refractivity (Wildman–Crippen MR) is 59.2 cm³/mol. The number of nitrogens with two attached hydrogens (primary N) is 1. The number of nitrogens with one attached hydrogen (secondary N) is 2. The summed E-state index contributed by atoms with van der Waals surface area (Å²) in [5.74, 6) is -0.163. The summed E-state index contributed by atoms with van der Waals surface area (Å²) in [6.45, 7) is 4.59. The number of hydrogen-bond acceptors (Lipinski definition) is 3. The van der Waals surface area contributed by atoms with Crippen LogP contribution in [-0.4, -0.2) is 30.9 Å². The first-order valence-electron chi connectivity index (χ1n) is 5.35. The fraction of sp³-hybridized carbons (Fsp3) is 0.800. The molecule has 0 aromatic heterocycles. The maximum absolute atomic E-state index is 11.3. The first kappa shape index (κ1) is 13.9. The van der Waals surface area contributed by atoms with Gasteiger partial charge in [0.1, 0.15) is 0 Å². The van der Waals surface area contributed by atoms with E-state index in [0.29, 0.717) is 19.5 Å². The molecule has 1 atom stereocenters. The highest BCUT2D eigenvalue weighted by Gasteiger charge is 2.10. The fourth-order valence-electron chi connectivity index (χ4n) is 1.14. The van der Waals surface area contributed by atoms with Crippen molar-refractivity contribution in [2.45, 2.75) is 39.2 Å². The molecular formula is C10H21N3O2. The third kappa shape index (κ3) is 7.93. The second-order valence-electron chi connectivity index (χ2n) is 3.52. The van der Waals surface area contributed by atoms with Gasteiger partial charge in [-0.05, 0) is 12.8 Å². The van der Waals surface area contributed by atoms with Crippen molar-refractivity contribution in [2.75, 3.05) is 13.1 Å². The van der Waals surface area contributed by atoms with Gasteiger partial charge in [0.2, 0.25) is 11.8 Å². The van der Waals surface area contributed by atoms with E-state index in [2.05, 4.69) is 10.6 Å². The normalized spacial score (nSPS) is 11.9. The van der Waals surface area contributed by atoms with Gasteiger partial charge >= 0.3 is 0 Å². The monoisotopic (exact) mass is 215 g/mol. The molecule has 88 valence electrons. The molecular weight excluding hydrogens is 194 g/mol. The Hall–Kier alpha value is -1.10. The average Bonchev–Trinajstić information content (AvgIpc) is 2.16. The Bertz CT molecular complexity index is 207. The van der Waals surface area contributed by atoms with Gasteiger partial charge in [-0.2, -0.15) is 0 Å². The summed E-state index contributed by atoms with van der Waals surface area (Å²) in [5, 5.41) is 5.38. The first-order chi connectivity index (χ1) is 7.07. The van der Waals surface area contributed by atoms with E-state index in [0.717, 1.165) is 12.8 Å². The first-order valence-corrected chi connectivity index (χ1v) is 5.35. The molecule has 0 fully saturated rings. The topological polar surface area (TPSA) is 84.2 Å². The molecule has 0 aromatic carbocycles. The highest BCUT2D eigenvalue weighted by atomic mass is 16.2. The zero-order valence-corrected chi connectivity index (χ0v) is 9.51. The van der Waals surface area contributed by atoms with Crippen molar-refractivity contribution in [3.05, 3.63) is 0 Å². The molecule has 1 unspecified atom stereocenters. The Morgan fingerprint density at radius 1 is 1.27 bits per heavy atom. The van der Waals surface area contributed by atoms with Crippen molar-refractivity contribution >= 4 is 11.8 Å². The number of carbonyl (C=O) groups excluding carboxylic acids is 2. The lowest BCUT2D eigenvalue weighted by atomic mass is 10.2. The van der Waals surface area contributed by atoms with Gasteiger partial charge in [-0.25, -0.2) is 0 Å². The van der Waals surface area contributed by atoms with Gasteiger partial charge in [-0.15, -0.1) is 0 Å². The summed E-state index contributed by atoms with van der Waals surface area (Å²) in [6, 6.07) is -0.407. The Morgan fingerprint density at radius 3 is 2.40 bits per heavy atom. The third-order valence-electron chi connectivity index (χ3n) is 1.96. The second-order valence-corrected chi connectivity index (χ2v) is 3.52. The molecule has 0 aromatic rings. The van der Waals surface area contributed by atoms with Gasteiger partial charge in [0.05, 0.1) is 6.04 Å². The van der Waals surface area contributed by atoms with Crippen LogP contribution in [-0.2, 0) is 9.59 Å². The number of amides is 2. The molecule has 0 bridgehead atoms. The molecule has 5 nitrogen and oxygen atoms in total. The Kier molecular flexibility index (Phi) is 7.62. The highest BCUT2D eigenvalue weighted by molar-refractivity contribution is 5.81. The van der Waals surface area contributed by atoms with Crippen LogP contribution in [0.3, 0.4) is 0 Å². The lowest BCUT2D eigenvalue weighted by Gasteiger charge is -2.10. The van der Waals surface area contributed by atoms with Crippen molar-refractivity contribution in [3.8, 4) is 0 Å². The lowest BCUT2D eigenvalue weighted by molar-refractivity contribution is -0.122. The van der Waals surface area contributed by atoms with E-state index >= 15 is 0 Å². The maximum atomic E-state index is 11.3. The zero-order chi connectivity index (χ0) is 11.7. The summed E-state index contributed by atoms with van der Waals surface area (Å²) < 4.78 is 0. The van der Waals surface area contributed by atoms with E-state index in [-0.39, 0.29) is 11.8 Å². The van der Waals surface area contributed by atoms with Crippen LogP contribution in [0.1, 0.15) is 33.1 Å². The molecule has 0 saturated carbocycles. The molecule has 0 saturated heterocycles. The second kappa shape index (κ2) is 8.23. The minimum absolute atomic E-state index is 0.0518. The Labute approximate surface area is 90.8 Å². The lowest BCUT2D eigenvalue weighted by Crippen LogP contribution is -2.41. The van der Waals surface area contributed by atoms with Crippen LogP contribution in [0.5, 0.6) is 0 Å². The molecule has 0 heterocycles. The number of rotatable bonds is 7. The van der Waals surface area contributed by atoms with E-state index in [1.54, 1.807) is 0 Å². The molecule has 0 aliphatic heterocycles. The van der Waals surface area contributed by atoms with E-state index in [9.17, 15) is 9.59 Å². The van der Waals surface area contributed by atoms with Crippen LogP contribution < -0.4 is 16.4 Å². The molecule has 4 N–H and O–H groups in total. The van der Waals surface area contributed by atoms with E-state index in [1.165, 1.54) is 6.92 Å². The van der Waals surface area contributed by atoms with Crippen molar-refractivity contribution in [2.24, 2.45) is 5.73 Å². The summed E-state index contributed by atoms with van der Waals surface area (Å²) in [5.41, 5.74) is 5.61. The fourth-order valence-corrected chi connectivity index (χ4v) is 1.14. The average molecular weight is 215 g/mol. The Morgan fingerprint density at radius 2 is 1.87 bits per heavy atom. The van der Waals surface area contributed by atoms with Gasteiger partial charge in [0.25, 0.3) is 0 Å². The Balaban J connectivity index is 3.42. The van der Waals surface area contributed by atoms with Crippen LogP contribution in [0.15, 0.2) is 0 Å². The van der Waals surface area contributed by atoms with Crippen molar-refractivity contribution < 1.29 is 9.59 Å². The van der Waals surface area contributed by atoms with Gasteiger partial charge in [-0.1, -0.05) is 13.3 Å². The van der Waals surface area contributed by atoms with Gasteiger partial charge in [0.15, 0.2) is 0 Å². The standard InChI is InChI=1S/C10H21N3O2/c1-3-5-9(11)10(15)13-7-4-6-12-8(2)14/h9H,3-7,11H2,1-2H3,(H,12,14)(H,13,15). The van der Waals surface area contributed by atoms with Crippen LogP contribution in [0.2, 0.25) is 0 Å². The maximum Gasteiger partial charge on any atom is 0.236 e. The molecule has 0 aliphatic carbocycles. The molecule has 0 spiro atoms. The molecule has 0 aliphatic rings. The van der Waals surface area contributed by atoms with Crippen molar-refractivity contribution in [1.82, 2.24) is 10.6 Å². The predicted octanol–water partition coefficient (Wildman–Crippen LogP) is -0.244. The van der Waals surface area contributed by atoms with Crippen molar-refractivity contribution in [1.29, 1.82) is 0 Å². The number of carbonyl (C=O) groups is 2. The van der Waals surface area contributed by atoms with E-state index in [4.69, 9.17) is 5.73 Å². The molecule has 0 rings (SSSR count). The minimum Gasteiger partial charge on any atom is -0.356 e. The van der Waals surface area contributed by atoms with E-state index in [1.807, 2.05) is 6.92 Å². The molecule has 5 heteroatoms. The van der Waals surface area contributed by atoms with Crippen molar-refractivity contribution in [3.63, 3.8) is 0 Å². The van der Waals surface area contributed by atoms with Crippen LogP contribution in [0, 0.1) is 0 Å². The summed E-state index contributed by atoms with van der Waals surface area (Å²) >= 11 is 0. The molecule has 15 heavy (non-hydrogen) atoms.